The highest BCUT2D eigenvalue weighted by Gasteiger charge is 2.18. The van der Waals surface area contributed by atoms with Crippen LogP contribution in [0.4, 0.5) is 5.13 Å². The zero-order valence-electron chi connectivity index (χ0n) is 12.7. The molecule has 0 fully saturated rings. The minimum Gasteiger partial charge on any atom is -0.301 e. The molecule has 2 heterocycles. The quantitative estimate of drug-likeness (QED) is 0.512. The van der Waals surface area contributed by atoms with Gasteiger partial charge in [0.1, 0.15) is 0 Å². The van der Waals surface area contributed by atoms with Crippen molar-refractivity contribution in [3.05, 3.63) is 48.5 Å². The zero-order chi connectivity index (χ0) is 16.5. The molecule has 2 aromatic heterocycles. The van der Waals surface area contributed by atoms with Crippen molar-refractivity contribution in [2.45, 2.75) is 16.5 Å². The highest BCUT2D eigenvalue weighted by Crippen LogP contribution is 2.32. The van der Waals surface area contributed by atoms with Gasteiger partial charge >= 0.3 is 0 Å². The van der Waals surface area contributed by atoms with Crippen LogP contribution in [0.15, 0.2) is 52.9 Å². The predicted molar refractivity (Wildman–Crippen MR) is 103 cm³/mol. The fourth-order valence-corrected chi connectivity index (χ4v) is 5.32. The van der Waals surface area contributed by atoms with Crippen LogP contribution in [0.1, 0.15) is 6.92 Å². The number of rotatable bonds is 4. The lowest BCUT2D eigenvalue weighted by atomic mass is 10.3. The minimum absolute atomic E-state index is 0.0571. The fraction of sp³-hybridized carbons (Fsp3) is 0.118. The van der Waals surface area contributed by atoms with Crippen molar-refractivity contribution in [2.75, 3.05) is 5.32 Å². The van der Waals surface area contributed by atoms with Gasteiger partial charge in [0.2, 0.25) is 5.91 Å². The van der Waals surface area contributed by atoms with Gasteiger partial charge in [-0.25, -0.2) is 9.97 Å². The van der Waals surface area contributed by atoms with E-state index >= 15 is 0 Å². The largest absolute Gasteiger partial charge is 0.301 e. The molecule has 1 atom stereocenters. The Balaban J connectivity index is 1.47. The van der Waals surface area contributed by atoms with Crippen LogP contribution in [-0.4, -0.2) is 21.1 Å². The third-order valence-electron chi connectivity index (χ3n) is 3.45. The van der Waals surface area contributed by atoms with Crippen molar-refractivity contribution in [1.82, 2.24) is 9.97 Å². The van der Waals surface area contributed by atoms with Gasteiger partial charge in [-0.1, -0.05) is 47.4 Å². The van der Waals surface area contributed by atoms with Gasteiger partial charge in [0, 0.05) is 0 Å². The standard InChI is InChI=1S/C17H13N3OS3/c1-10(22-17-19-12-7-3-5-9-14(12)24-17)15(21)20-16-18-11-6-2-4-8-13(11)23-16/h2-10H,1H3,(H,18,20,21). The van der Waals surface area contributed by atoms with Crippen LogP contribution in [0, 0.1) is 0 Å². The molecule has 0 radical (unpaired) electrons. The molecular weight excluding hydrogens is 358 g/mol. The second-order valence-corrected chi connectivity index (χ2v) is 8.83. The molecule has 7 heteroatoms. The Bertz CT molecular complexity index is 958. The molecule has 1 unspecified atom stereocenters. The van der Waals surface area contributed by atoms with Gasteiger partial charge in [-0.3, -0.25) is 4.79 Å². The number of benzene rings is 2. The van der Waals surface area contributed by atoms with Gasteiger partial charge < -0.3 is 5.32 Å². The topological polar surface area (TPSA) is 54.9 Å². The molecule has 0 saturated heterocycles. The molecule has 0 aliphatic carbocycles. The van der Waals surface area contributed by atoms with Gasteiger partial charge in [-0.15, -0.1) is 11.3 Å². The number of carbonyl (C=O) groups is 1. The number of hydrogen-bond donors (Lipinski definition) is 1. The molecule has 4 nitrogen and oxygen atoms in total. The molecule has 120 valence electrons. The first-order chi connectivity index (χ1) is 11.7. The minimum atomic E-state index is -0.238. The van der Waals surface area contributed by atoms with Crippen LogP contribution >= 0.6 is 34.4 Å². The molecular formula is C17H13N3OS3. The summed E-state index contributed by atoms with van der Waals surface area (Å²) in [6, 6.07) is 15.9. The van der Waals surface area contributed by atoms with E-state index in [1.165, 1.54) is 23.1 Å². The van der Waals surface area contributed by atoms with Crippen molar-refractivity contribution in [1.29, 1.82) is 0 Å². The van der Waals surface area contributed by atoms with Crippen LogP contribution in [0.5, 0.6) is 0 Å². The van der Waals surface area contributed by atoms with Gasteiger partial charge in [0.25, 0.3) is 0 Å². The average Bonchev–Trinajstić information content (AvgIpc) is 3.16. The number of thiazole rings is 2. The summed E-state index contributed by atoms with van der Waals surface area (Å²) in [6.45, 7) is 1.89. The van der Waals surface area contributed by atoms with E-state index in [0.717, 1.165) is 24.8 Å². The van der Waals surface area contributed by atoms with Crippen LogP contribution < -0.4 is 5.32 Å². The fourth-order valence-electron chi connectivity index (χ4n) is 2.24. The first-order valence-corrected chi connectivity index (χ1v) is 9.89. The molecule has 4 aromatic rings. The molecule has 1 N–H and O–H groups in total. The van der Waals surface area contributed by atoms with E-state index < -0.39 is 0 Å². The van der Waals surface area contributed by atoms with E-state index in [4.69, 9.17) is 0 Å². The van der Waals surface area contributed by atoms with Crippen molar-refractivity contribution < 1.29 is 4.79 Å². The summed E-state index contributed by atoms with van der Waals surface area (Å²) < 4.78 is 3.11. The summed E-state index contributed by atoms with van der Waals surface area (Å²) in [5.41, 5.74) is 1.88. The van der Waals surface area contributed by atoms with E-state index in [1.54, 1.807) is 11.3 Å². The lowest BCUT2D eigenvalue weighted by molar-refractivity contribution is -0.115. The SMILES string of the molecule is CC(Sc1nc2ccccc2s1)C(=O)Nc1nc2ccccc2s1. The molecule has 24 heavy (non-hydrogen) atoms. The van der Waals surface area contributed by atoms with Gasteiger partial charge in [0.15, 0.2) is 9.47 Å². The molecule has 4 rings (SSSR count). The number of nitrogens with one attached hydrogen (secondary N) is 1. The lowest BCUT2D eigenvalue weighted by Crippen LogP contribution is -2.22. The van der Waals surface area contributed by atoms with Gasteiger partial charge in [0.05, 0.1) is 25.7 Å². The Morgan fingerprint density at radius 2 is 1.62 bits per heavy atom. The highest BCUT2D eigenvalue weighted by molar-refractivity contribution is 8.02. The van der Waals surface area contributed by atoms with Crippen LogP contribution in [0.2, 0.25) is 0 Å². The highest BCUT2D eigenvalue weighted by atomic mass is 32.2. The number of thioether (sulfide) groups is 1. The number of fused-ring (bicyclic) bond motifs is 2. The van der Waals surface area contributed by atoms with Crippen LogP contribution in [-0.2, 0) is 4.79 Å². The van der Waals surface area contributed by atoms with Crippen molar-refractivity contribution in [3.8, 4) is 0 Å². The maximum atomic E-state index is 12.4. The number of hydrogen-bond acceptors (Lipinski definition) is 6. The molecule has 0 saturated carbocycles. The van der Waals surface area contributed by atoms with E-state index in [9.17, 15) is 4.79 Å². The second-order valence-electron chi connectivity index (χ2n) is 5.18. The maximum Gasteiger partial charge on any atom is 0.239 e. The zero-order valence-corrected chi connectivity index (χ0v) is 15.2. The number of anilines is 1. The summed E-state index contributed by atoms with van der Waals surface area (Å²) in [5.74, 6) is -0.0571. The summed E-state index contributed by atoms with van der Waals surface area (Å²) >= 11 is 4.58. The number of carbonyl (C=O) groups excluding carboxylic acids is 1. The number of para-hydroxylation sites is 2. The summed E-state index contributed by atoms with van der Waals surface area (Å²) in [6.07, 6.45) is 0. The molecule has 1 amide bonds. The van der Waals surface area contributed by atoms with E-state index in [1.807, 2.05) is 55.5 Å². The normalized spacial score (nSPS) is 12.5. The smallest absolute Gasteiger partial charge is 0.239 e. The van der Waals surface area contributed by atoms with E-state index in [-0.39, 0.29) is 11.2 Å². The monoisotopic (exact) mass is 371 g/mol. The van der Waals surface area contributed by atoms with Crippen molar-refractivity contribution >= 4 is 65.9 Å². The Morgan fingerprint density at radius 1 is 1.00 bits per heavy atom. The Hall–Kier alpha value is -1.96. The van der Waals surface area contributed by atoms with Crippen molar-refractivity contribution in [2.24, 2.45) is 0 Å². The number of nitrogens with zero attached hydrogens (tertiary/aromatic N) is 2. The first kappa shape index (κ1) is 15.6. The van der Waals surface area contributed by atoms with Crippen LogP contribution in [0.3, 0.4) is 0 Å². The van der Waals surface area contributed by atoms with Gasteiger partial charge in [-0.05, 0) is 31.2 Å². The Morgan fingerprint density at radius 3 is 2.29 bits per heavy atom. The second kappa shape index (κ2) is 6.51. The average molecular weight is 372 g/mol. The Labute approximate surface area is 151 Å². The third kappa shape index (κ3) is 3.15. The number of amides is 1. The first-order valence-electron chi connectivity index (χ1n) is 7.38. The third-order valence-corrected chi connectivity index (χ3v) is 6.63. The number of aromatic nitrogens is 2. The van der Waals surface area contributed by atoms with Crippen LogP contribution in [0.25, 0.3) is 20.4 Å². The summed E-state index contributed by atoms with van der Waals surface area (Å²) in [7, 11) is 0. The molecule has 2 aromatic carbocycles. The molecule has 0 aliphatic rings. The summed E-state index contributed by atoms with van der Waals surface area (Å²) in [5, 5.41) is 3.31. The molecule has 0 spiro atoms. The molecule has 0 aliphatic heterocycles. The Kier molecular flexibility index (Phi) is 4.22. The van der Waals surface area contributed by atoms with Gasteiger partial charge in [-0.2, -0.15) is 0 Å². The lowest BCUT2D eigenvalue weighted by Gasteiger charge is -2.07. The maximum absolute atomic E-state index is 12.4. The van der Waals surface area contributed by atoms with E-state index in [2.05, 4.69) is 15.3 Å². The summed E-state index contributed by atoms with van der Waals surface area (Å²) in [4.78, 5) is 21.4. The van der Waals surface area contributed by atoms with Crippen molar-refractivity contribution in [3.63, 3.8) is 0 Å². The van der Waals surface area contributed by atoms with E-state index in [0.29, 0.717) is 5.13 Å². The molecule has 0 bridgehead atoms. The predicted octanol–water partition coefficient (Wildman–Crippen LogP) is 5.03.